The first-order chi connectivity index (χ1) is 8.07. The minimum Gasteiger partial charge on any atom is -0.207 e. The van der Waals surface area contributed by atoms with Crippen molar-refractivity contribution in [1.29, 1.82) is 0 Å². The maximum absolute atomic E-state index is 12.3. The molecule has 0 saturated heterocycles. The second-order valence-electron chi connectivity index (χ2n) is 3.40. The Labute approximate surface area is 112 Å². The van der Waals surface area contributed by atoms with Gasteiger partial charge in [0.15, 0.2) is 0 Å². The van der Waals surface area contributed by atoms with Crippen molar-refractivity contribution in [2.45, 2.75) is 4.90 Å². The minimum atomic E-state index is -3.49. The molecule has 0 radical (unpaired) electrons. The van der Waals surface area contributed by atoms with Crippen LogP contribution in [0.4, 0.5) is 11.4 Å². The maximum atomic E-state index is 12.3. The average molecular weight is 336 g/mol. The van der Waals surface area contributed by atoms with Gasteiger partial charge in [-0.15, -0.1) is 0 Å². The van der Waals surface area contributed by atoms with Crippen LogP contribution in [0.2, 0.25) is 0 Å². The summed E-state index contributed by atoms with van der Waals surface area (Å²) >= 11 is 4.24. The molecular formula is C9H10BrN3O2S2. The van der Waals surface area contributed by atoms with Crippen molar-refractivity contribution in [2.24, 2.45) is 8.73 Å². The van der Waals surface area contributed by atoms with E-state index < -0.39 is 10.0 Å². The topological polar surface area (TPSA) is 62.1 Å². The van der Waals surface area contributed by atoms with Gasteiger partial charge in [0.1, 0.15) is 16.3 Å². The summed E-state index contributed by atoms with van der Waals surface area (Å²) in [5.41, 5.74) is 1.06. The van der Waals surface area contributed by atoms with Gasteiger partial charge in [0.05, 0.1) is 11.4 Å². The normalized spacial score (nSPS) is 13.8. The fourth-order valence-corrected chi connectivity index (χ4v) is 4.08. The summed E-state index contributed by atoms with van der Waals surface area (Å²) in [6, 6.07) is 4.99. The highest BCUT2D eigenvalue weighted by Crippen LogP contribution is 2.38. The van der Waals surface area contributed by atoms with Crippen LogP contribution < -0.4 is 0 Å². The van der Waals surface area contributed by atoms with Gasteiger partial charge in [-0.3, -0.25) is 0 Å². The third-order valence-corrected chi connectivity index (χ3v) is 5.12. The lowest BCUT2D eigenvalue weighted by Gasteiger charge is -2.16. The highest BCUT2D eigenvalue weighted by Gasteiger charge is 2.26. The van der Waals surface area contributed by atoms with Crippen molar-refractivity contribution < 1.29 is 8.42 Å². The molecule has 8 heteroatoms. The highest BCUT2D eigenvalue weighted by molar-refractivity contribution is 9.09. The third-order valence-electron chi connectivity index (χ3n) is 2.34. The summed E-state index contributed by atoms with van der Waals surface area (Å²) in [6.45, 7) is 0.413. The van der Waals surface area contributed by atoms with Gasteiger partial charge < -0.3 is 0 Å². The Morgan fingerprint density at radius 3 is 2.88 bits per heavy atom. The molecule has 0 aliphatic carbocycles. The molecule has 0 saturated carbocycles. The molecule has 5 nitrogen and oxygen atoms in total. The Kier molecular flexibility index (Phi) is 3.76. The van der Waals surface area contributed by atoms with Crippen LogP contribution in [0, 0.1) is 0 Å². The molecule has 0 spiro atoms. The Hall–Kier alpha value is -0.570. The molecule has 92 valence electrons. The van der Waals surface area contributed by atoms with Gasteiger partial charge in [0, 0.05) is 18.9 Å². The quantitative estimate of drug-likeness (QED) is 0.805. The Morgan fingerprint density at radius 1 is 1.41 bits per heavy atom. The molecule has 1 aliphatic rings. The van der Waals surface area contributed by atoms with Crippen LogP contribution in [0.5, 0.6) is 0 Å². The highest BCUT2D eigenvalue weighted by atomic mass is 79.9. The van der Waals surface area contributed by atoms with E-state index in [1.165, 1.54) is 4.31 Å². The van der Waals surface area contributed by atoms with Crippen molar-refractivity contribution >= 4 is 48.7 Å². The predicted molar refractivity (Wildman–Crippen MR) is 71.6 cm³/mol. The van der Waals surface area contributed by atoms with Gasteiger partial charge in [-0.25, -0.2) is 12.7 Å². The average Bonchev–Trinajstić information content (AvgIpc) is 2.76. The second kappa shape index (κ2) is 4.97. The van der Waals surface area contributed by atoms with Crippen LogP contribution in [-0.4, -0.2) is 31.6 Å². The summed E-state index contributed by atoms with van der Waals surface area (Å²) in [5, 5.41) is 0.591. The molecule has 1 aromatic rings. The zero-order valence-corrected chi connectivity index (χ0v) is 12.2. The van der Waals surface area contributed by atoms with E-state index in [0.29, 0.717) is 23.2 Å². The molecule has 1 heterocycles. The fourth-order valence-electron chi connectivity index (χ4n) is 1.40. The van der Waals surface area contributed by atoms with Gasteiger partial charge in [-0.05, 0) is 12.1 Å². The third kappa shape index (κ3) is 2.35. The first-order valence-electron chi connectivity index (χ1n) is 4.81. The second-order valence-corrected chi connectivity index (χ2v) is 6.74. The first kappa shape index (κ1) is 12.9. The lowest BCUT2D eigenvalue weighted by Crippen LogP contribution is -2.28. The molecule has 0 aromatic heterocycles. The van der Waals surface area contributed by atoms with E-state index in [1.54, 1.807) is 25.2 Å². The van der Waals surface area contributed by atoms with E-state index in [-0.39, 0.29) is 4.90 Å². The number of rotatable bonds is 4. The monoisotopic (exact) mass is 335 g/mol. The van der Waals surface area contributed by atoms with Crippen molar-refractivity contribution in [3.63, 3.8) is 0 Å². The smallest absolute Gasteiger partial charge is 0.207 e. The lowest BCUT2D eigenvalue weighted by molar-refractivity contribution is 0.489. The Balaban J connectivity index is 2.49. The molecule has 2 rings (SSSR count). The molecule has 0 bridgehead atoms. The van der Waals surface area contributed by atoms with Crippen LogP contribution in [0.25, 0.3) is 0 Å². The summed E-state index contributed by atoms with van der Waals surface area (Å²) in [7, 11) is -1.94. The van der Waals surface area contributed by atoms with E-state index in [0.717, 1.165) is 11.4 Å². The van der Waals surface area contributed by atoms with Crippen LogP contribution >= 0.6 is 15.9 Å². The number of hydrogen-bond donors (Lipinski definition) is 0. The van der Waals surface area contributed by atoms with Gasteiger partial charge in [0.25, 0.3) is 0 Å². The Bertz CT molecular complexity index is 609. The van der Waals surface area contributed by atoms with Gasteiger partial charge in [-0.1, -0.05) is 22.0 Å². The molecule has 0 unspecified atom stereocenters. The number of nitrogens with zero attached hydrogens (tertiary/aromatic N) is 3. The molecule has 0 amide bonds. The lowest BCUT2D eigenvalue weighted by atomic mass is 10.3. The molecule has 1 aromatic carbocycles. The minimum absolute atomic E-state index is 0.215. The SMILES string of the molecule is CN(CCBr)S(=O)(=O)c1cccc2c1N=S=N2. The maximum Gasteiger partial charge on any atom is 0.245 e. The fraction of sp³-hybridized carbons (Fsp3) is 0.333. The molecule has 0 N–H and O–H groups in total. The number of fused-ring (bicyclic) bond motifs is 1. The van der Waals surface area contributed by atoms with Crippen molar-refractivity contribution in [3.05, 3.63) is 18.2 Å². The number of hydrogen-bond acceptors (Lipinski definition) is 4. The van der Waals surface area contributed by atoms with E-state index in [9.17, 15) is 8.42 Å². The molecular weight excluding hydrogens is 326 g/mol. The Morgan fingerprint density at radius 2 is 2.18 bits per heavy atom. The van der Waals surface area contributed by atoms with Crippen molar-refractivity contribution in [1.82, 2.24) is 4.31 Å². The van der Waals surface area contributed by atoms with Gasteiger partial charge in [0.2, 0.25) is 10.0 Å². The van der Waals surface area contributed by atoms with E-state index in [4.69, 9.17) is 0 Å². The van der Waals surface area contributed by atoms with Crippen LogP contribution in [0.3, 0.4) is 0 Å². The number of alkyl halides is 1. The summed E-state index contributed by atoms with van der Waals surface area (Å²) in [5.74, 6) is 0. The summed E-state index contributed by atoms with van der Waals surface area (Å²) in [6.07, 6.45) is 0. The number of halogens is 1. The number of benzene rings is 1. The van der Waals surface area contributed by atoms with E-state index in [1.807, 2.05) is 0 Å². The molecule has 1 aliphatic heterocycles. The molecule has 0 atom stereocenters. The summed E-state index contributed by atoms with van der Waals surface area (Å²) < 4.78 is 33.9. The first-order valence-corrected chi connectivity index (χ1v) is 8.10. The summed E-state index contributed by atoms with van der Waals surface area (Å²) in [4.78, 5) is 0.215. The van der Waals surface area contributed by atoms with Crippen molar-refractivity contribution in [2.75, 3.05) is 18.9 Å². The predicted octanol–water partition coefficient (Wildman–Crippen LogP) is 2.43. The number of sulfonamides is 1. The van der Waals surface area contributed by atoms with Crippen LogP contribution in [-0.2, 0) is 21.4 Å². The zero-order chi connectivity index (χ0) is 12.5. The van der Waals surface area contributed by atoms with Crippen LogP contribution in [0.15, 0.2) is 31.8 Å². The van der Waals surface area contributed by atoms with E-state index >= 15 is 0 Å². The molecule has 0 fully saturated rings. The largest absolute Gasteiger partial charge is 0.245 e. The van der Waals surface area contributed by atoms with Crippen molar-refractivity contribution in [3.8, 4) is 0 Å². The van der Waals surface area contributed by atoms with Crippen LogP contribution in [0.1, 0.15) is 0 Å². The van der Waals surface area contributed by atoms with E-state index in [2.05, 4.69) is 24.7 Å². The van der Waals surface area contributed by atoms with Gasteiger partial charge in [-0.2, -0.15) is 8.73 Å². The standard InChI is InChI=1S/C9H10BrN3O2S2/c1-13(6-5-10)17(14,15)8-4-2-3-7-9(8)12-16-11-7/h2-4H,5-6H2,1H3. The molecule has 17 heavy (non-hydrogen) atoms. The zero-order valence-electron chi connectivity index (χ0n) is 9.00. The van der Waals surface area contributed by atoms with Gasteiger partial charge >= 0.3 is 0 Å².